The van der Waals surface area contributed by atoms with Crippen molar-refractivity contribution in [2.24, 2.45) is 0 Å². The second kappa shape index (κ2) is 8.57. The lowest BCUT2D eigenvalue weighted by Gasteiger charge is -2.14. The van der Waals surface area contributed by atoms with E-state index in [1.807, 2.05) is 66.2 Å². The molecule has 1 saturated heterocycles. The van der Waals surface area contributed by atoms with Gasteiger partial charge in [0, 0.05) is 37.4 Å². The molecule has 7 nitrogen and oxygen atoms in total. The Labute approximate surface area is 173 Å². The third-order valence-electron chi connectivity index (χ3n) is 4.23. The van der Waals surface area contributed by atoms with E-state index >= 15 is 0 Å². The first-order valence-electron chi connectivity index (χ1n) is 9.16. The van der Waals surface area contributed by atoms with Gasteiger partial charge in [0.1, 0.15) is 6.54 Å². The highest BCUT2D eigenvalue weighted by atomic mass is 32.2. The number of anilines is 1. The van der Waals surface area contributed by atoms with Crippen molar-refractivity contribution in [3.05, 3.63) is 53.2 Å². The van der Waals surface area contributed by atoms with Crippen LogP contribution in [0.3, 0.4) is 0 Å². The maximum absolute atomic E-state index is 12.6. The fourth-order valence-electron chi connectivity index (χ4n) is 2.86. The van der Waals surface area contributed by atoms with Crippen LogP contribution in [0.1, 0.15) is 19.5 Å². The normalized spacial score (nSPS) is 15.5. The molecule has 1 aromatic heterocycles. The third kappa shape index (κ3) is 4.71. The van der Waals surface area contributed by atoms with Gasteiger partial charge in [0.15, 0.2) is 0 Å². The lowest BCUT2D eigenvalue weighted by Crippen LogP contribution is -2.35. The number of hydrogen-bond acceptors (Lipinski definition) is 6. The summed E-state index contributed by atoms with van der Waals surface area (Å²) in [4.78, 5) is 39.9. The van der Waals surface area contributed by atoms with Crippen molar-refractivity contribution >= 4 is 40.6 Å². The van der Waals surface area contributed by atoms with Crippen LogP contribution in [0.5, 0.6) is 0 Å². The molecule has 1 aromatic carbocycles. The maximum atomic E-state index is 12.6. The van der Waals surface area contributed by atoms with E-state index in [0.717, 1.165) is 33.7 Å². The van der Waals surface area contributed by atoms with E-state index in [9.17, 15) is 14.4 Å². The zero-order valence-electron chi connectivity index (χ0n) is 16.8. The van der Waals surface area contributed by atoms with Crippen molar-refractivity contribution in [1.29, 1.82) is 0 Å². The molecule has 1 fully saturated rings. The number of carbonyl (C=O) groups excluding carboxylic acids is 3. The highest BCUT2D eigenvalue weighted by molar-refractivity contribution is 8.18. The van der Waals surface area contributed by atoms with Crippen molar-refractivity contribution in [2.45, 2.75) is 20.0 Å². The quantitative estimate of drug-likeness (QED) is 0.533. The van der Waals surface area contributed by atoms with Gasteiger partial charge >= 0.3 is 5.97 Å². The number of rotatable bonds is 6. The van der Waals surface area contributed by atoms with Crippen molar-refractivity contribution in [1.82, 2.24) is 9.47 Å². The number of thioether (sulfide) groups is 1. The lowest BCUT2D eigenvalue weighted by molar-refractivity contribution is -0.149. The van der Waals surface area contributed by atoms with Gasteiger partial charge in [-0.1, -0.05) is 0 Å². The summed E-state index contributed by atoms with van der Waals surface area (Å²) < 4.78 is 6.96. The SMILES string of the molecule is CC(C)OC(=O)CN1C(=O)S/C(=C/c2cccn2-c2ccc(N(C)C)cc2)C1=O. The van der Waals surface area contributed by atoms with Crippen LogP contribution >= 0.6 is 11.8 Å². The van der Waals surface area contributed by atoms with Gasteiger partial charge in [0.25, 0.3) is 11.1 Å². The van der Waals surface area contributed by atoms with E-state index in [2.05, 4.69) is 0 Å². The Morgan fingerprint density at radius 2 is 1.86 bits per heavy atom. The van der Waals surface area contributed by atoms with Crippen molar-refractivity contribution in [3.8, 4) is 5.69 Å². The molecule has 0 aliphatic carbocycles. The summed E-state index contributed by atoms with van der Waals surface area (Å²) in [6.07, 6.45) is 3.25. The van der Waals surface area contributed by atoms with Crippen LogP contribution < -0.4 is 4.90 Å². The Kier molecular flexibility index (Phi) is 6.12. The van der Waals surface area contributed by atoms with Crippen LogP contribution in [-0.2, 0) is 14.3 Å². The zero-order chi connectivity index (χ0) is 21.1. The van der Waals surface area contributed by atoms with Crippen LogP contribution in [-0.4, -0.2) is 53.3 Å². The summed E-state index contributed by atoms with van der Waals surface area (Å²) >= 11 is 0.822. The Morgan fingerprint density at radius 1 is 1.17 bits per heavy atom. The lowest BCUT2D eigenvalue weighted by atomic mass is 10.2. The molecule has 0 atom stereocenters. The fourth-order valence-corrected chi connectivity index (χ4v) is 3.68. The monoisotopic (exact) mass is 413 g/mol. The van der Waals surface area contributed by atoms with E-state index in [-0.39, 0.29) is 17.6 Å². The van der Waals surface area contributed by atoms with Gasteiger partial charge in [-0.05, 0) is 68.1 Å². The van der Waals surface area contributed by atoms with Crippen molar-refractivity contribution in [3.63, 3.8) is 0 Å². The Morgan fingerprint density at radius 3 is 2.48 bits per heavy atom. The number of carbonyl (C=O) groups is 3. The molecule has 29 heavy (non-hydrogen) atoms. The molecule has 2 aromatic rings. The second-order valence-corrected chi connectivity index (χ2v) is 8.01. The molecule has 2 heterocycles. The summed E-state index contributed by atoms with van der Waals surface area (Å²) in [6, 6.07) is 11.7. The summed E-state index contributed by atoms with van der Waals surface area (Å²) in [6.45, 7) is 3.04. The average Bonchev–Trinajstić information content (AvgIpc) is 3.21. The van der Waals surface area contributed by atoms with Gasteiger partial charge in [-0.15, -0.1) is 0 Å². The van der Waals surface area contributed by atoms with Crippen LogP contribution in [0.15, 0.2) is 47.5 Å². The van der Waals surface area contributed by atoms with E-state index in [0.29, 0.717) is 0 Å². The first kappa shape index (κ1) is 20.7. The molecule has 0 bridgehead atoms. The molecule has 0 saturated carbocycles. The minimum Gasteiger partial charge on any atom is -0.462 e. The smallest absolute Gasteiger partial charge is 0.326 e. The number of aromatic nitrogens is 1. The van der Waals surface area contributed by atoms with Gasteiger partial charge in [0.2, 0.25) is 0 Å². The number of amides is 2. The number of hydrogen-bond donors (Lipinski definition) is 0. The molecule has 1 aliphatic heterocycles. The summed E-state index contributed by atoms with van der Waals surface area (Å²) in [5, 5.41) is -0.476. The molecule has 8 heteroatoms. The van der Waals surface area contributed by atoms with Gasteiger partial charge in [-0.3, -0.25) is 19.3 Å². The minimum atomic E-state index is -0.604. The predicted octanol–water partition coefficient (Wildman–Crippen LogP) is 3.53. The van der Waals surface area contributed by atoms with E-state index in [4.69, 9.17) is 4.74 Å². The van der Waals surface area contributed by atoms with E-state index in [1.54, 1.807) is 19.9 Å². The van der Waals surface area contributed by atoms with Crippen LogP contribution in [0.4, 0.5) is 10.5 Å². The standard InChI is InChI=1S/C21H23N3O4S/c1-14(2)28-19(25)13-24-20(26)18(29-21(24)27)12-17-6-5-11-23(17)16-9-7-15(8-10-16)22(3)4/h5-12,14H,13H2,1-4H3/b18-12+. The number of imide groups is 1. The molecule has 0 radical (unpaired) electrons. The average molecular weight is 413 g/mol. The molecule has 152 valence electrons. The molecule has 2 amide bonds. The summed E-state index contributed by atoms with van der Waals surface area (Å²) in [5.74, 6) is -1.09. The van der Waals surface area contributed by atoms with Crippen LogP contribution in [0.2, 0.25) is 0 Å². The molecule has 0 spiro atoms. The van der Waals surface area contributed by atoms with Crippen LogP contribution in [0, 0.1) is 0 Å². The molecule has 0 unspecified atom stereocenters. The number of esters is 1. The van der Waals surface area contributed by atoms with Crippen LogP contribution in [0.25, 0.3) is 11.8 Å². The molecule has 0 N–H and O–H groups in total. The van der Waals surface area contributed by atoms with E-state index in [1.165, 1.54) is 0 Å². The first-order valence-corrected chi connectivity index (χ1v) is 9.98. The summed E-state index contributed by atoms with van der Waals surface area (Å²) in [7, 11) is 3.95. The van der Waals surface area contributed by atoms with E-state index < -0.39 is 17.1 Å². The van der Waals surface area contributed by atoms with Crippen molar-refractivity contribution in [2.75, 3.05) is 25.5 Å². The van der Waals surface area contributed by atoms with Gasteiger partial charge in [0.05, 0.1) is 11.0 Å². The Balaban J connectivity index is 1.81. The molecule has 3 rings (SSSR count). The summed E-state index contributed by atoms with van der Waals surface area (Å²) in [5.41, 5.74) is 2.78. The highest BCUT2D eigenvalue weighted by Gasteiger charge is 2.37. The van der Waals surface area contributed by atoms with Gasteiger partial charge in [-0.25, -0.2) is 0 Å². The van der Waals surface area contributed by atoms with Gasteiger partial charge < -0.3 is 14.2 Å². The highest BCUT2D eigenvalue weighted by Crippen LogP contribution is 2.32. The van der Waals surface area contributed by atoms with Crippen molar-refractivity contribution < 1.29 is 19.1 Å². The Hall–Kier alpha value is -3.00. The number of ether oxygens (including phenoxy) is 1. The topological polar surface area (TPSA) is 71.8 Å². The zero-order valence-corrected chi connectivity index (χ0v) is 17.6. The Bertz CT molecular complexity index is 961. The second-order valence-electron chi connectivity index (χ2n) is 7.02. The number of benzene rings is 1. The maximum Gasteiger partial charge on any atom is 0.326 e. The molecule has 1 aliphatic rings. The number of nitrogens with zero attached hydrogens (tertiary/aromatic N) is 3. The molecular weight excluding hydrogens is 390 g/mol. The fraction of sp³-hybridized carbons (Fsp3) is 0.286. The third-order valence-corrected chi connectivity index (χ3v) is 5.14. The predicted molar refractivity (Wildman–Crippen MR) is 114 cm³/mol. The largest absolute Gasteiger partial charge is 0.462 e. The minimum absolute atomic E-state index is 0.275. The first-order chi connectivity index (χ1) is 13.8. The van der Waals surface area contributed by atoms with Gasteiger partial charge in [-0.2, -0.15) is 0 Å². The molecular formula is C21H23N3O4S.